The first-order chi connectivity index (χ1) is 14.1. The Morgan fingerprint density at radius 2 is 1.83 bits per heavy atom. The number of hydrogen-bond acceptors (Lipinski definition) is 4. The standard InChI is InChI=1S/C22H22Cl2N2OS2/c23-16-9-5-10-17(24)15(16)12-28-22-25-20-19(14-8-3-4-11-18(14)29-20)21(27)26(22)13-6-1-2-7-13/h5,9-10,13H,1-4,6-8,11-12H2. The molecule has 0 spiro atoms. The third-order valence-electron chi connectivity index (χ3n) is 6.09. The van der Waals surface area contributed by atoms with Gasteiger partial charge in [-0.3, -0.25) is 9.36 Å². The highest BCUT2D eigenvalue weighted by Crippen LogP contribution is 2.39. The van der Waals surface area contributed by atoms with Crippen molar-refractivity contribution in [2.75, 3.05) is 0 Å². The molecule has 152 valence electrons. The van der Waals surface area contributed by atoms with Gasteiger partial charge in [0.15, 0.2) is 5.16 Å². The van der Waals surface area contributed by atoms with E-state index in [2.05, 4.69) is 0 Å². The molecule has 29 heavy (non-hydrogen) atoms. The molecule has 5 rings (SSSR count). The van der Waals surface area contributed by atoms with Crippen LogP contribution in [0.3, 0.4) is 0 Å². The van der Waals surface area contributed by atoms with Gasteiger partial charge in [-0.1, -0.05) is 53.9 Å². The van der Waals surface area contributed by atoms with Gasteiger partial charge < -0.3 is 0 Å². The highest BCUT2D eigenvalue weighted by atomic mass is 35.5. The zero-order chi connectivity index (χ0) is 20.0. The average Bonchev–Trinajstić information content (AvgIpc) is 3.35. The number of thioether (sulfide) groups is 1. The molecule has 7 heteroatoms. The Bertz CT molecular complexity index is 1110. The number of thiophene rings is 1. The van der Waals surface area contributed by atoms with Crippen LogP contribution in [0, 0.1) is 0 Å². The summed E-state index contributed by atoms with van der Waals surface area (Å²) in [6, 6.07) is 5.82. The Morgan fingerprint density at radius 1 is 1.10 bits per heavy atom. The lowest BCUT2D eigenvalue weighted by atomic mass is 9.97. The van der Waals surface area contributed by atoms with Gasteiger partial charge in [-0.25, -0.2) is 4.98 Å². The summed E-state index contributed by atoms with van der Waals surface area (Å²) in [4.78, 5) is 21.0. The molecule has 2 heterocycles. The maximum atomic E-state index is 13.7. The van der Waals surface area contributed by atoms with Crippen molar-refractivity contribution in [1.29, 1.82) is 0 Å². The number of halogens is 2. The summed E-state index contributed by atoms with van der Waals surface area (Å²) in [5.74, 6) is 0.605. The molecule has 1 saturated carbocycles. The maximum absolute atomic E-state index is 13.7. The van der Waals surface area contributed by atoms with Crippen molar-refractivity contribution < 1.29 is 0 Å². The van der Waals surface area contributed by atoms with Gasteiger partial charge >= 0.3 is 0 Å². The van der Waals surface area contributed by atoms with E-state index in [0.717, 1.165) is 46.6 Å². The molecule has 0 aliphatic heterocycles. The third-order valence-corrected chi connectivity index (χ3v) is 8.96. The van der Waals surface area contributed by atoms with Crippen LogP contribution >= 0.6 is 46.3 Å². The number of aromatic nitrogens is 2. The number of benzene rings is 1. The van der Waals surface area contributed by atoms with Crippen LogP contribution in [0.15, 0.2) is 28.2 Å². The van der Waals surface area contributed by atoms with Crippen molar-refractivity contribution >= 4 is 56.5 Å². The van der Waals surface area contributed by atoms with Gasteiger partial charge in [0.05, 0.1) is 5.39 Å². The maximum Gasteiger partial charge on any atom is 0.263 e. The highest BCUT2D eigenvalue weighted by molar-refractivity contribution is 7.98. The molecule has 0 atom stereocenters. The molecule has 1 fully saturated rings. The topological polar surface area (TPSA) is 34.9 Å². The molecule has 3 nitrogen and oxygen atoms in total. The predicted molar refractivity (Wildman–Crippen MR) is 124 cm³/mol. The minimum absolute atomic E-state index is 0.161. The number of hydrogen-bond donors (Lipinski definition) is 0. The minimum atomic E-state index is 0.161. The van der Waals surface area contributed by atoms with Crippen LogP contribution in [-0.4, -0.2) is 9.55 Å². The van der Waals surface area contributed by atoms with Crippen LogP contribution in [-0.2, 0) is 18.6 Å². The lowest BCUT2D eigenvalue weighted by Gasteiger charge is -2.19. The molecule has 2 aliphatic carbocycles. The van der Waals surface area contributed by atoms with E-state index in [4.69, 9.17) is 28.2 Å². The smallest absolute Gasteiger partial charge is 0.263 e. The van der Waals surface area contributed by atoms with E-state index < -0.39 is 0 Å². The second-order valence-corrected chi connectivity index (χ2v) is 10.7. The first-order valence-electron chi connectivity index (χ1n) is 10.3. The van der Waals surface area contributed by atoms with E-state index in [1.165, 1.54) is 36.1 Å². The number of rotatable bonds is 4. The molecule has 0 bridgehead atoms. The Labute approximate surface area is 188 Å². The van der Waals surface area contributed by atoms with Gasteiger partial charge in [-0.2, -0.15) is 0 Å². The molecule has 3 aromatic rings. The molecule has 2 aromatic heterocycles. The van der Waals surface area contributed by atoms with Crippen LogP contribution < -0.4 is 5.56 Å². The Balaban J connectivity index is 1.61. The second kappa shape index (κ2) is 8.26. The van der Waals surface area contributed by atoms with Gasteiger partial charge in [-0.15, -0.1) is 11.3 Å². The molecule has 2 aliphatic rings. The summed E-state index contributed by atoms with van der Waals surface area (Å²) >= 11 is 16.0. The van der Waals surface area contributed by atoms with Crippen molar-refractivity contribution in [3.05, 3.63) is 54.6 Å². The van der Waals surface area contributed by atoms with Crippen LogP contribution in [0.5, 0.6) is 0 Å². The van der Waals surface area contributed by atoms with E-state index in [9.17, 15) is 4.79 Å². The minimum Gasteiger partial charge on any atom is -0.284 e. The van der Waals surface area contributed by atoms with E-state index in [1.807, 2.05) is 22.8 Å². The summed E-state index contributed by atoms with van der Waals surface area (Å²) in [5.41, 5.74) is 2.33. The Hall–Kier alpha value is -1.01. The van der Waals surface area contributed by atoms with Crippen LogP contribution in [0.4, 0.5) is 0 Å². The quantitative estimate of drug-likeness (QED) is 0.306. The first kappa shape index (κ1) is 19.9. The molecular weight excluding hydrogens is 443 g/mol. The zero-order valence-corrected chi connectivity index (χ0v) is 19.2. The number of fused-ring (bicyclic) bond motifs is 3. The molecule has 0 N–H and O–H groups in total. The van der Waals surface area contributed by atoms with E-state index >= 15 is 0 Å². The summed E-state index contributed by atoms with van der Waals surface area (Å²) in [6.07, 6.45) is 8.94. The van der Waals surface area contributed by atoms with Crippen LogP contribution in [0.25, 0.3) is 10.2 Å². The van der Waals surface area contributed by atoms with Crippen molar-refractivity contribution in [1.82, 2.24) is 9.55 Å². The fraction of sp³-hybridized carbons (Fsp3) is 0.455. The van der Waals surface area contributed by atoms with Crippen molar-refractivity contribution in [2.24, 2.45) is 0 Å². The number of nitrogens with zero attached hydrogens (tertiary/aromatic N) is 2. The SMILES string of the molecule is O=c1c2c3c(sc2nc(SCc2c(Cl)cccc2Cl)n1C1CCCC1)CCCC3. The zero-order valence-electron chi connectivity index (χ0n) is 16.0. The van der Waals surface area contributed by atoms with Crippen LogP contribution in [0.2, 0.25) is 10.0 Å². The molecular formula is C22H22Cl2N2OS2. The molecule has 0 unspecified atom stereocenters. The third kappa shape index (κ3) is 3.65. The fourth-order valence-electron chi connectivity index (χ4n) is 4.59. The normalized spacial score (nSPS) is 17.2. The van der Waals surface area contributed by atoms with Crippen molar-refractivity contribution in [2.45, 2.75) is 68.3 Å². The van der Waals surface area contributed by atoms with Crippen LogP contribution in [0.1, 0.15) is 60.6 Å². The number of aryl methyl sites for hydroxylation is 2. The summed E-state index contributed by atoms with van der Waals surface area (Å²) < 4.78 is 1.99. The molecule has 1 aromatic carbocycles. The molecule has 0 amide bonds. The van der Waals surface area contributed by atoms with Gasteiger partial charge in [-0.05, 0) is 61.8 Å². The predicted octanol–water partition coefficient (Wildman–Crippen LogP) is 7.05. The van der Waals surface area contributed by atoms with Gasteiger partial charge in [0, 0.05) is 26.7 Å². The second-order valence-electron chi connectivity index (χ2n) is 7.89. The van der Waals surface area contributed by atoms with Crippen molar-refractivity contribution in [3.8, 4) is 0 Å². The lowest BCUT2D eigenvalue weighted by molar-refractivity contribution is 0.457. The Morgan fingerprint density at radius 3 is 2.59 bits per heavy atom. The average molecular weight is 465 g/mol. The summed E-state index contributed by atoms with van der Waals surface area (Å²) in [7, 11) is 0. The van der Waals surface area contributed by atoms with Gasteiger partial charge in [0.25, 0.3) is 5.56 Å². The monoisotopic (exact) mass is 464 g/mol. The van der Waals surface area contributed by atoms with Gasteiger partial charge in [0.2, 0.25) is 0 Å². The Kier molecular flexibility index (Phi) is 5.67. The summed E-state index contributed by atoms with van der Waals surface area (Å²) in [5, 5.41) is 3.01. The fourth-order valence-corrected chi connectivity index (χ4v) is 7.70. The molecule has 0 radical (unpaired) electrons. The van der Waals surface area contributed by atoms with E-state index in [-0.39, 0.29) is 11.6 Å². The lowest BCUT2D eigenvalue weighted by Crippen LogP contribution is -2.26. The summed E-state index contributed by atoms with van der Waals surface area (Å²) in [6.45, 7) is 0. The first-order valence-corrected chi connectivity index (χ1v) is 12.8. The van der Waals surface area contributed by atoms with Crippen molar-refractivity contribution in [3.63, 3.8) is 0 Å². The van der Waals surface area contributed by atoms with E-state index in [0.29, 0.717) is 15.8 Å². The largest absolute Gasteiger partial charge is 0.284 e. The highest BCUT2D eigenvalue weighted by Gasteiger charge is 2.27. The molecule has 0 saturated heterocycles. The van der Waals surface area contributed by atoms with Gasteiger partial charge in [0.1, 0.15) is 4.83 Å². The van der Waals surface area contributed by atoms with E-state index in [1.54, 1.807) is 23.1 Å².